The second-order valence-electron chi connectivity index (χ2n) is 5.75. The molecule has 3 rings (SSSR count). The van der Waals surface area contributed by atoms with Crippen molar-refractivity contribution in [3.63, 3.8) is 0 Å². The smallest absolute Gasteiger partial charge is 0.258 e. The van der Waals surface area contributed by atoms with Crippen molar-refractivity contribution in [3.05, 3.63) is 52.8 Å². The molecule has 0 N–H and O–H groups in total. The van der Waals surface area contributed by atoms with Crippen molar-refractivity contribution >= 4 is 17.5 Å². The van der Waals surface area contributed by atoms with Crippen LogP contribution in [0.4, 0.5) is 4.39 Å². The first-order valence-electron chi connectivity index (χ1n) is 7.86. The molecule has 1 atom stereocenters. The van der Waals surface area contributed by atoms with Crippen LogP contribution in [0.1, 0.15) is 42.0 Å². The lowest BCUT2D eigenvalue weighted by Gasteiger charge is -2.34. The number of nitrogens with zero attached hydrogens (tertiary/aromatic N) is 3. The quantitative estimate of drug-likeness (QED) is 0.857. The lowest BCUT2D eigenvalue weighted by molar-refractivity contribution is 0.0673. The van der Waals surface area contributed by atoms with Gasteiger partial charge in [-0.15, -0.1) is 0 Å². The summed E-state index contributed by atoms with van der Waals surface area (Å²) in [4.78, 5) is 18.7. The molecule has 0 unspecified atom stereocenters. The molecule has 1 aliphatic rings. The van der Waals surface area contributed by atoms with Gasteiger partial charge in [0.25, 0.3) is 5.91 Å². The molecule has 23 heavy (non-hydrogen) atoms. The molecule has 4 nitrogen and oxygen atoms in total. The van der Waals surface area contributed by atoms with Gasteiger partial charge >= 0.3 is 0 Å². The summed E-state index contributed by atoms with van der Waals surface area (Å²) in [6.45, 7) is 3.23. The molecular formula is C17H19ClFN3O. The Morgan fingerprint density at radius 2 is 2.30 bits per heavy atom. The number of aromatic nitrogens is 2. The number of imidazole rings is 1. The molecule has 1 fully saturated rings. The lowest BCUT2D eigenvalue weighted by Crippen LogP contribution is -2.41. The van der Waals surface area contributed by atoms with Crippen LogP contribution in [0, 0.1) is 5.82 Å². The fourth-order valence-corrected chi connectivity index (χ4v) is 3.42. The maximum atomic E-state index is 14.0. The maximum Gasteiger partial charge on any atom is 0.258 e. The zero-order valence-corrected chi connectivity index (χ0v) is 13.8. The van der Waals surface area contributed by atoms with Crippen molar-refractivity contribution in [2.45, 2.75) is 32.2 Å². The molecule has 0 aliphatic carbocycles. The first-order chi connectivity index (χ1) is 11.1. The molecule has 1 aliphatic heterocycles. The highest BCUT2D eigenvalue weighted by molar-refractivity contribution is 6.33. The Labute approximate surface area is 139 Å². The van der Waals surface area contributed by atoms with E-state index in [1.54, 1.807) is 17.2 Å². The molecular weight excluding hydrogens is 317 g/mol. The molecule has 1 saturated heterocycles. The van der Waals surface area contributed by atoms with E-state index >= 15 is 0 Å². The van der Waals surface area contributed by atoms with Crippen molar-refractivity contribution in [3.8, 4) is 0 Å². The van der Waals surface area contributed by atoms with Crippen molar-refractivity contribution in [2.24, 2.45) is 0 Å². The molecule has 0 radical (unpaired) electrons. The molecule has 1 aromatic heterocycles. The minimum Gasteiger partial charge on any atom is -0.336 e. The zero-order chi connectivity index (χ0) is 16.4. The fraction of sp³-hybridized carbons (Fsp3) is 0.412. The standard InChI is InChI=1S/C17H19ClFN3O/c1-2-15-20-8-10-22(15)12-5-4-9-21(11-12)17(23)16-13(18)6-3-7-14(16)19/h3,6-8,10,12H,2,4-5,9,11H2,1H3/t12-/m1/s1. The van der Waals surface area contributed by atoms with Gasteiger partial charge in [0.05, 0.1) is 16.6 Å². The van der Waals surface area contributed by atoms with Gasteiger partial charge in [0.15, 0.2) is 0 Å². The van der Waals surface area contributed by atoms with Gasteiger partial charge in [-0.1, -0.05) is 24.6 Å². The third kappa shape index (κ3) is 3.11. The van der Waals surface area contributed by atoms with Crippen molar-refractivity contribution in [2.75, 3.05) is 13.1 Å². The number of hydrogen-bond acceptors (Lipinski definition) is 2. The largest absolute Gasteiger partial charge is 0.336 e. The molecule has 0 spiro atoms. The zero-order valence-electron chi connectivity index (χ0n) is 13.0. The van der Waals surface area contributed by atoms with E-state index in [-0.39, 0.29) is 22.5 Å². The Bertz CT molecular complexity index is 695. The van der Waals surface area contributed by atoms with Gasteiger partial charge in [0.2, 0.25) is 0 Å². The predicted octanol–water partition coefficient (Wildman–Crippen LogP) is 3.72. The first-order valence-corrected chi connectivity index (χ1v) is 8.24. The van der Waals surface area contributed by atoms with Gasteiger partial charge in [-0.3, -0.25) is 4.79 Å². The van der Waals surface area contributed by atoms with E-state index < -0.39 is 5.82 Å². The van der Waals surface area contributed by atoms with Gasteiger partial charge in [-0.2, -0.15) is 0 Å². The van der Waals surface area contributed by atoms with Gasteiger partial charge in [-0.25, -0.2) is 9.37 Å². The molecule has 122 valence electrons. The molecule has 1 aromatic carbocycles. The normalized spacial score (nSPS) is 18.2. The molecule has 0 saturated carbocycles. The summed E-state index contributed by atoms with van der Waals surface area (Å²) < 4.78 is 16.1. The Kier molecular flexibility index (Phi) is 4.66. The number of halogens is 2. The molecule has 1 amide bonds. The summed E-state index contributed by atoms with van der Waals surface area (Å²) in [7, 11) is 0. The third-order valence-electron chi connectivity index (χ3n) is 4.32. The number of hydrogen-bond donors (Lipinski definition) is 0. The van der Waals surface area contributed by atoms with E-state index in [4.69, 9.17) is 11.6 Å². The van der Waals surface area contributed by atoms with Crippen LogP contribution in [-0.4, -0.2) is 33.4 Å². The number of likely N-dealkylation sites (tertiary alicyclic amines) is 1. The maximum absolute atomic E-state index is 14.0. The van der Waals surface area contributed by atoms with Crippen molar-refractivity contribution in [1.29, 1.82) is 0 Å². The van der Waals surface area contributed by atoms with E-state index in [1.807, 2.05) is 6.20 Å². The number of rotatable bonds is 3. The summed E-state index contributed by atoms with van der Waals surface area (Å²) in [6.07, 6.45) is 6.44. The number of piperidine rings is 1. The highest BCUT2D eigenvalue weighted by Gasteiger charge is 2.28. The van der Waals surface area contributed by atoms with Crippen molar-refractivity contribution < 1.29 is 9.18 Å². The highest BCUT2D eigenvalue weighted by Crippen LogP contribution is 2.27. The summed E-state index contributed by atoms with van der Waals surface area (Å²) in [5.74, 6) is 0.102. The van der Waals surface area contributed by atoms with E-state index in [1.165, 1.54) is 12.1 Å². The molecule has 0 bridgehead atoms. The number of carbonyl (C=O) groups is 1. The molecule has 6 heteroatoms. The summed E-state index contributed by atoms with van der Waals surface area (Å²) >= 11 is 6.02. The number of aryl methyl sites for hydroxylation is 1. The predicted molar refractivity (Wildman–Crippen MR) is 87.2 cm³/mol. The summed E-state index contributed by atoms with van der Waals surface area (Å²) in [5, 5.41) is 0.161. The van der Waals surface area contributed by atoms with Crippen LogP contribution in [0.25, 0.3) is 0 Å². The topological polar surface area (TPSA) is 38.1 Å². The number of carbonyl (C=O) groups excluding carboxylic acids is 1. The van der Waals surface area contributed by atoms with Crippen LogP contribution in [0.3, 0.4) is 0 Å². The Morgan fingerprint density at radius 1 is 1.48 bits per heavy atom. The molecule has 2 heterocycles. The van der Waals surface area contributed by atoms with E-state index in [2.05, 4.69) is 16.5 Å². The van der Waals surface area contributed by atoms with Crippen LogP contribution < -0.4 is 0 Å². The first kappa shape index (κ1) is 16.0. The van der Waals surface area contributed by atoms with Crippen LogP contribution in [0.5, 0.6) is 0 Å². The Morgan fingerprint density at radius 3 is 3.04 bits per heavy atom. The monoisotopic (exact) mass is 335 g/mol. The Balaban J connectivity index is 1.82. The summed E-state index contributed by atoms with van der Waals surface area (Å²) in [6, 6.07) is 4.50. The second kappa shape index (κ2) is 6.71. The second-order valence-corrected chi connectivity index (χ2v) is 6.16. The third-order valence-corrected chi connectivity index (χ3v) is 4.63. The van der Waals surface area contributed by atoms with Gasteiger partial charge in [0.1, 0.15) is 11.6 Å². The van der Waals surface area contributed by atoms with Crippen LogP contribution >= 0.6 is 11.6 Å². The summed E-state index contributed by atoms with van der Waals surface area (Å²) in [5.41, 5.74) is -0.0313. The number of amides is 1. The van der Waals surface area contributed by atoms with E-state index in [9.17, 15) is 9.18 Å². The van der Waals surface area contributed by atoms with Gasteiger partial charge < -0.3 is 9.47 Å². The fourth-order valence-electron chi connectivity index (χ4n) is 3.18. The Hall–Kier alpha value is -1.88. The van der Waals surface area contributed by atoms with Crippen molar-refractivity contribution in [1.82, 2.24) is 14.5 Å². The van der Waals surface area contributed by atoms with E-state index in [0.29, 0.717) is 13.1 Å². The van der Waals surface area contributed by atoms with Crippen LogP contribution in [-0.2, 0) is 6.42 Å². The van der Waals surface area contributed by atoms with Crippen LogP contribution in [0.2, 0.25) is 5.02 Å². The SMILES string of the molecule is CCc1nccn1[C@@H]1CCCN(C(=O)c2c(F)cccc2Cl)C1. The average molecular weight is 336 g/mol. The lowest BCUT2D eigenvalue weighted by atomic mass is 10.0. The highest BCUT2D eigenvalue weighted by atomic mass is 35.5. The minimum atomic E-state index is -0.568. The minimum absolute atomic E-state index is 0.0313. The van der Waals surface area contributed by atoms with E-state index in [0.717, 1.165) is 25.1 Å². The van der Waals surface area contributed by atoms with Crippen LogP contribution in [0.15, 0.2) is 30.6 Å². The molecule has 2 aromatic rings. The van der Waals surface area contributed by atoms with Gasteiger partial charge in [0, 0.05) is 31.9 Å². The number of benzene rings is 1. The average Bonchev–Trinajstić information content (AvgIpc) is 3.03. The van der Waals surface area contributed by atoms with Gasteiger partial charge in [-0.05, 0) is 25.0 Å².